The van der Waals surface area contributed by atoms with Gasteiger partial charge in [-0.15, -0.1) is 0 Å². The van der Waals surface area contributed by atoms with Crippen LogP contribution in [0, 0.1) is 0 Å². The Balaban J connectivity index is 2.41. The SMILES string of the molecule is [N-]=[N+]=Nc1ccc2c(c1)[nH]c1ccccc12. The molecule has 2 aromatic carbocycles. The molecule has 0 bridgehead atoms. The average Bonchev–Trinajstić information content (AvgIpc) is 2.67. The van der Waals surface area contributed by atoms with E-state index in [2.05, 4.69) is 21.1 Å². The van der Waals surface area contributed by atoms with Gasteiger partial charge in [-0.25, -0.2) is 0 Å². The van der Waals surface area contributed by atoms with E-state index in [-0.39, 0.29) is 0 Å². The van der Waals surface area contributed by atoms with Crippen molar-refractivity contribution in [3.05, 3.63) is 52.9 Å². The van der Waals surface area contributed by atoms with E-state index < -0.39 is 0 Å². The highest BCUT2D eigenvalue weighted by molar-refractivity contribution is 6.07. The van der Waals surface area contributed by atoms with E-state index >= 15 is 0 Å². The minimum atomic E-state index is 0.626. The second kappa shape index (κ2) is 3.29. The summed E-state index contributed by atoms with van der Waals surface area (Å²) >= 11 is 0. The minimum Gasteiger partial charge on any atom is -0.355 e. The van der Waals surface area contributed by atoms with Crippen LogP contribution in [0.2, 0.25) is 0 Å². The van der Waals surface area contributed by atoms with Gasteiger partial charge in [0.25, 0.3) is 0 Å². The average molecular weight is 208 g/mol. The van der Waals surface area contributed by atoms with Crippen LogP contribution in [0.3, 0.4) is 0 Å². The van der Waals surface area contributed by atoms with Gasteiger partial charge in [-0.05, 0) is 17.7 Å². The highest BCUT2D eigenvalue weighted by atomic mass is 15.1. The summed E-state index contributed by atoms with van der Waals surface area (Å²) in [6.45, 7) is 0. The molecule has 0 radical (unpaired) electrons. The molecule has 0 saturated carbocycles. The minimum absolute atomic E-state index is 0.626. The van der Waals surface area contributed by atoms with E-state index in [1.54, 1.807) is 0 Å². The summed E-state index contributed by atoms with van der Waals surface area (Å²) in [6, 6.07) is 13.8. The summed E-state index contributed by atoms with van der Waals surface area (Å²) < 4.78 is 0. The van der Waals surface area contributed by atoms with Crippen molar-refractivity contribution in [3.63, 3.8) is 0 Å². The molecule has 0 saturated heterocycles. The number of fused-ring (bicyclic) bond motifs is 3. The van der Waals surface area contributed by atoms with Crippen LogP contribution in [0.5, 0.6) is 0 Å². The number of para-hydroxylation sites is 1. The molecular weight excluding hydrogens is 200 g/mol. The number of nitrogens with zero attached hydrogens (tertiary/aromatic N) is 3. The zero-order valence-corrected chi connectivity index (χ0v) is 8.38. The Bertz CT molecular complexity index is 720. The fourth-order valence-corrected chi connectivity index (χ4v) is 1.96. The van der Waals surface area contributed by atoms with Crippen molar-refractivity contribution in [3.8, 4) is 0 Å². The normalized spacial score (nSPS) is 10.5. The van der Waals surface area contributed by atoms with Crippen LogP contribution < -0.4 is 0 Å². The van der Waals surface area contributed by atoms with Crippen molar-refractivity contribution < 1.29 is 0 Å². The standard InChI is InChI=1S/C12H8N4/c13-16-15-8-5-6-10-9-3-1-2-4-11(9)14-12(10)7-8/h1-7,14H. The second-order valence-corrected chi connectivity index (χ2v) is 3.59. The molecule has 1 N–H and O–H groups in total. The van der Waals surface area contributed by atoms with Crippen molar-refractivity contribution in [2.45, 2.75) is 0 Å². The molecule has 1 heterocycles. The first-order valence-electron chi connectivity index (χ1n) is 4.94. The maximum Gasteiger partial charge on any atom is 0.0469 e. The highest BCUT2D eigenvalue weighted by Crippen LogP contribution is 2.28. The number of hydrogen-bond donors (Lipinski definition) is 1. The molecule has 0 spiro atoms. The van der Waals surface area contributed by atoms with Gasteiger partial charge in [0, 0.05) is 32.4 Å². The maximum absolute atomic E-state index is 8.38. The van der Waals surface area contributed by atoms with Crippen molar-refractivity contribution in [2.24, 2.45) is 5.11 Å². The van der Waals surface area contributed by atoms with Crippen molar-refractivity contribution in [1.29, 1.82) is 0 Å². The lowest BCUT2D eigenvalue weighted by Gasteiger charge is -1.92. The number of aromatic amines is 1. The van der Waals surface area contributed by atoms with Crippen LogP contribution in [0.25, 0.3) is 32.2 Å². The summed E-state index contributed by atoms with van der Waals surface area (Å²) in [7, 11) is 0. The van der Waals surface area contributed by atoms with Crippen molar-refractivity contribution in [2.75, 3.05) is 0 Å². The molecule has 0 aliphatic carbocycles. The van der Waals surface area contributed by atoms with E-state index in [0.29, 0.717) is 5.69 Å². The lowest BCUT2D eigenvalue weighted by Crippen LogP contribution is -1.66. The van der Waals surface area contributed by atoms with E-state index in [0.717, 1.165) is 16.4 Å². The molecule has 0 fully saturated rings. The van der Waals surface area contributed by atoms with Gasteiger partial charge in [0.2, 0.25) is 0 Å². The molecular formula is C12H8N4. The summed E-state index contributed by atoms with van der Waals surface area (Å²) in [4.78, 5) is 6.07. The Morgan fingerprint density at radius 1 is 1.00 bits per heavy atom. The van der Waals surface area contributed by atoms with Gasteiger partial charge in [-0.1, -0.05) is 35.4 Å². The second-order valence-electron chi connectivity index (χ2n) is 3.59. The predicted molar refractivity (Wildman–Crippen MR) is 64.6 cm³/mol. The zero-order valence-electron chi connectivity index (χ0n) is 8.38. The molecule has 4 nitrogen and oxygen atoms in total. The molecule has 0 unspecified atom stereocenters. The van der Waals surface area contributed by atoms with Crippen molar-refractivity contribution >= 4 is 27.5 Å². The Morgan fingerprint density at radius 2 is 1.81 bits per heavy atom. The van der Waals surface area contributed by atoms with E-state index in [9.17, 15) is 0 Å². The number of H-pyrrole nitrogens is 1. The van der Waals surface area contributed by atoms with Crippen molar-refractivity contribution in [1.82, 2.24) is 4.98 Å². The molecule has 1 aromatic heterocycles. The predicted octanol–water partition coefficient (Wildman–Crippen LogP) is 4.26. The molecule has 0 aliphatic heterocycles. The van der Waals surface area contributed by atoms with Gasteiger partial charge >= 0.3 is 0 Å². The van der Waals surface area contributed by atoms with Crippen LogP contribution >= 0.6 is 0 Å². The van der Waals surface area contributed by atoms with Crippen LogP contribution in [-0.2, 0) is 0 Å². The number of hydrogen-bond acceptors (Lipinski definition) is 1. The van der Waals surface area contributed by atoms with Crippen LogP contribution in [0.4, 0.5) is 5.69 Å². The van der Waals surface area contributed by atoms with E-state index in [4.69, 9.17) is 5.53 Å². The monoisotopic (exact) mass is 208 g/mol. The van der Waals surface area contributed by atoms with Gasteiger partial charge in [0.05, 0.1) is 0 Å². The molecule has 0 aliphatic rings. The molecule has 16 heavy (non-hydrogen) atoms. The zero-order chi connectivity index (χ0) is 11.0. The number of azide groups is 1. The van der Waals surface area contributed by atoms with Gasteiger partial charge in [0.15, 0.2) is 0 Å². The van der Waals surface area contributed by atoms with E-state index in [1.807, 2.05) is 36.4 Å². The number of rotatable bonds is 1. The summed E-state index contributed by atoms with van der Waals surface area (Å²) in [5.74, 6) is 0. The van der Waals surface area contributed by atoms with Crippen LogP contribution in [0.15, 0.2) is 47.6 Å². The summed E-state index contributed by atoms with van der Waals surface area (Å²) in [5.41, 5.74) is 11.1. The first kappa shape index (κ1) is 8.83. The maximum atomic E-state index is 8.38. The van der Waals surface area contributed by atoms with Gasteiger partial charge in [0.1, 0.15) is 0 Å². The van der Waals surface area contributed by atoms with Crippen LogP contribution in [0.1, 0.15) is 0 Å². The smallest absolute Gasteiger partial charge is 0.0469 e. The van der Waals surface area contributed by atoms with Crippen LogP contribution in [-0.4, -0.2) is 4.98 Å². The summed E-state index contributed by atoms with van der Waals surface area (Å²) in [6.07, 6.45) is 0. The Kier molecular flexibility index (Phi) is 1.82. The number of benzene rings is 2. The van der Waals surface area contributed by atoms with E-state index in [1.165, 1.54) is 5.39 Å². The lowest BCUT2D eigenvalue weighted by atomic mass is 10.1. The number of nitrogens with one attached hydrogen (secondary N) is 1. The fourth-order valence-electron chi connectivity index (χ4n) is 1.96. The first-order chi connectivity index (χ1) is 7.88. The molecule has 76 valence electrons. The summed E-state index contributed by atoms with van der Waals surface area (Å²) in [5, 5.41) is 5.92. The lowest BCUT2D eigenvalue weighted by molar-refractivity contribution is 1.48. The quantitative estimate of drug-likeness (QED) is 0.352. The fraction of sp³-hybridized carbons (Fsp3) is 0. The van der Waals surface area contributed by atoms with Gasteiger partial charge < -0.3 is 4.98 Å². The third kappa shape index (κ3) is 1.21. The third-order valence-electron chi connectivity index (χ3n) is 2.65. The largest absolute Gasteiger partial charge is 0.355 e. The topological polar surface area (TPSA) is 64.6 Å². The van der Waals surface area contributed by atoms with Gasteiger partial charge in [-0.3, -0.25) is 0 Å². The Morgan fingerprint density at radius 3 is 2.69 bits per heavy atom. The highest BCUT2D eigenvalue weighted by Gasteiger charge is 2.02. The van der Waals surface area contributed by atoms with Gasteiger partial charge in [-0.2, -0.15) is 0 Å². The Labute approximate surface area is 91.1 Å². The number of aromatic nitrogens is 1. The molecule has 4 heteroatoms. The molecule has 0 atom stereocenters. The third-order valence-corrected chi connectivity index (χ3v) is 2.65. The Hall–Kier alpha value is -2.45. The molecule has 0 amide bonds. The first-order valence-corrected chi connectivity index (χ1v) is 4.94. The molecule has 3 rings (SSSR count). The molecule has 3 aromatic rings.